The first-order valence-corrected chi connectivity index (χ1v) is 14.0. The van der Waals surface area contributed by atoms with Gasteiger partial charge >= 0.3 is 6.03 Å². The van der Waals surface area contributed by atoms with E-state index in [1.165, 1.54) is 28.2 Å². The summed E-state index contributed by atoms with van der Waals surface area (Å²) in [7, 11) is 0. The predicted molar refractivity (Wildman–Crippen MR) is 157 cm³/mol. The molecule has 2 atom stereocenters. The molecule has 3 aromatic rings. The van der Waals surface area contributed by atoms with Gasteiger partial charge in [0.1, 0.15) is 47.8 Å². The second-order valence-electron chi connectivity index (χ2n) is 11.2. The molecule has 3 N–H and O–H groups in total. The van der Waals surface area contributed by atoms with Gasteiger partial charge in [-0.05, 0) is 50.6 Å². The molecule has 12 nitrogen and oxygen atoms in total. The Morgan fingerprint density at radius 3 is 2.51 bits per heavy atom. The molecule has 3 heterocycles. The van der Waals surface area contributed by atoms with Gasteiger partial charge < -0.3 is 25.2 Å². The lowest BCUT2D eigenvalue weighted by atomic mass is 9.97. The van der Waals surface area contributed by atoms with Crippen molar-refractivity contribution in [3.05, 3.63) is 82.2 Å². The van der Waals surface area contributed by atoms with Crippen LogP contribution in [0.5, 0.6) is 5.75 Å². The van der Waals surface area contributed by atoms with Crippen molar-refractivity contribution >= 4 is 41.1 Å². The van der Waals surface area contributed by atoms with Crippen molar-refractivity contribution in [3.63, 3.8) is 0 Å². The molecule has 13 heteroatoms. The predicted octanol–water partition coefficient (Wildman–Crippen LogP) is 3.66. The number of halogens is 1. The fourth-order valence-electron chi connectivity index (χ4n) is 5.04. The Bertz CT molecular complexity index is 1580. The van der Waals surface area contributed by atoms with Gasteiger partial charge in [0.15, 0.2) is 5.78 Å². The maximum Gasteiger partial charge on any atom is 0.326 e. The van der Waals surface area contributed by atoms with Crippen molar-refractivity contribution in [1.82, 2.24) is 20.3 Å². The standard InChI is InChI=1S/C30H31ClN6O6/c1-30(2,3)43-23-14-18(22(38)15-24(32)39)6-9-20(23)28-34-26(17-4-7-19(31)8-5-17)27(21-10-13-42-35-21)37(28)29(41)36-12-11-33-25(40)16-36/h4-10,13-14,26-27H,11-12,15-16H2,1-3H3,(H2,32,39)(H,33,40). The van der Waals surface area contributed by atoms with Crippen molar-refractivity contribution < 1.29 is 28.4 Å². The van der Waals surface area contributed by atoms with E-state index in [1.54, 1.807) is 24.3 Å². The molecule has 1 saturated heterocycles. The summed E-state index contributed by atoms with van der Waals surface area (Å²) >= 11 is 6.18. The third-order valence-electron chi connectivity index (χ3n) is 6.85. The number of nitrogens with one attached hydrogen (secondary N) is 1. The Balaban J connectivity index is 1.69. The average Bonchev–Trinajstić information content (AvgIpc) is 3.60. The Morgan fingerprint density at radius 1 is 1.14 bits per heavy atom. The number of rotatable bonds is 7. The van der Waals surface area contributed by atoms with Gasteiger partial charge in [0.05, 0.1) is 12.0 Å². The maximum absolute atomic E-state index is 14.3. The van der Waals surface area contributed by atoms with E-state index in [0.717, 1.165) is 5.56 Å². The molecule has 1 fully saturated rings. The van der Waals surface area contributed by atoms with Gasteiger partial charge in [0.2, 0.25) is 11.8 Å². The van der Waals surface area contributed by atoms with Crippen LogP contribution in [0.1, 0.15) is 66.5 Å². The number of nitrogens with zero attached hydrogens (tertiary/aromatic N) is 4. The lowest BCUT2D eigenvalue weighted by molar-refractivity contribution is -0.123. The minimum Gasteiger partial charge on any atom is -0.487 e. The summed E-state index contributed by atoms with van der Waals surface area (Å²) in [5.74, 6) is -0.990. The van der Waals surface area contributed by atoms with Crippen LogP contribution in [0.15, 0.2) is 64.3 Å². The summed E-state index contributed by atoms with van der Waals surface area (Å²) in [5, 5.41) is 7.45. The first-order valence-electron chi connectivity index (χ1n) is 13.6. The second-order valence-corrected chi connectivity index (χ2v) is 11.7. The summed E-state index contributed by atoms with van der Waals surface area (Å²) in [4.78, 5) is 58.8. The number of hydrogen-bond donors (Lipinski definition) is 2. The van der Waals surface area contributed by atoms with E-state index in [-0.39, 0.29) is 36.1 Å². The van der Waals surface area contributed by atoms with Crippen molar-refractivity contribution in [3.8, 4) is 5.75 Å². The fourth-order valence-corrected chi connectivity index (χ4v) is 5.17. The molecule has 2 unspecified atom stereocenters. The van der Waals surface area contributed by atoms with Crippen molar-refractivity contribution in [1.29, 1.82) is 0 Å². The number of urea groups is 1. The zero-order chi connectivity index (χ0) is 30.9. The smallest absolute Gasteiger partial charge is 0.326 e. The molecule has 0 saturated carbocycles. The highest BCUT2D eigenvalue weighted by molar-refractivity contribution is 6.30. The maximum atomic E-state index is 14.3. The third kappa shape index (κ3) is 6.54. The number of piperazine rings is 1. The van der Waals surface area contributed by atoms with E-state index in [4.69, 9.17) is 31.6 Å². The van der Waals surface area contributed by atoms with Gasteiger partial charge in [0, 0.05) is 29.7 Å². The monoisotopic (exact) mass is 606 g/mol. The lowest BCUT2D eigenvalue weighted by Gasteiger charge is -2.35. The zero-order valence-electron chi connectivity index (χ0n) is 23.9. The first-order chi connectivity index (χ1) is 20.4. The van der Waals surface area contributed by atoms with Crippen LogP contribution in [0.3, 0.4) is 0 Å². The summed E-state index contributed by atoms with van der Waals surface area (Å²) < 4.78 is 11.5. The molecule has 0 spiro atoms. The van der Waals surface area contributed by atoms with Gasteiger partial charge in [-0.25, -0.2) is 4.79 Å². The minimum absolute atomic E-state index is 0.133. The van der Waals surface area contributed by atoms with Gasteiger partial charge in [-0.3, -0.25) is 24.3 Å². The minimum atomic E-state index is -0.758. The van der Waals surface area contributed by atoms with Crippen LogP contribution < -0.4 is 15.8 Å². The fraction of sp³-hybridized carbons (Fsp3) is 0.333. The van der Waals surface area contributed by atoms with Gasteiger partial charge in [0.25, 0.3) is 0 Å². The summed E-state index contributed by atoms with van der Waals surface area (Å²) in [6.07, 6.45) is 0.945. The number of ether oxygens (including phenoxy) is 1. The molecule has 4 amide bonds. The highest BCUT2D eigenvalue weighted by atomic mass is 35.5. The third-order valence-corrected chi connectivity index (χ3v) is 7.10. The Morgan fingerprint density at radius 2 is 1.88 bits per heavy atom. The van der Waals surface area contributed by atoms with Crippen molar-refractivity contribution in [2.24, 2.45) is 10.7 Å². The number of carbonyl (C=O) groups excluding carboxylic acids is 4. The van der Waals surface area contributed by atoms with Crippen molar-refractivity contribution in [2.75, 3.05) is 19.6 Å². The molecular formula is C30H31ClN6O6. The van der Waals surface area contributed by atoms with Crippen LogP contribution >= 0.6 is 11.6 Å². The number of primary amides is 1. The number of aliphatic imine (C=N–C) groups is 1. The highest BCUT2D eigenvalue weighted by Crippen LogP contribution is 2.45. The number of Topliss-reactive ketones (excluding diaryl/α,β-unsaturated/α-hetero) is 1. The van der Waals surface area contributed by atoms with Crippen LogP contribution in [-0.2, 0) is 9.59 Å². The molecule has 224 valence electrons. The van der Waals surface area contributed by atoms with E-state index in [9.17, 15) is 19.2 Å². The molecule has 2 aliphatic heterocycles. The molecule has 2 aromatic carbocycles. The van der Waals surface area contributed by atoms with Crippen LogP contribution in [0.25, 0.3) is 0 Å². The average molecular weight is 607 g/mol. The Kier molecular flexibility index (Phi) is 8.23. The molecule has 5 rings (SSSR count). The number of amides is 4. The quantitative estimate of drug-likeness (QED) is 0.306. The molecule has 43 heavy (non-hydrogen) atoms. The molecule has 1 aromatic heterocycles. The summed E-state index contributed by atoms with van der Waals surface area (Å²) in [6, 6.07) is 11.6. The number of carbonyl (C=O) groups is 4. The van der Waals surface area contributed by atoms with Crippen LogP contribution in [0.2, 0.25) is 5.02 Å². The summed E-state index contributed by atoms with van der Waals surface area (Å²) in [6.45, 7) is 5.98. The summed E-state index contributed by atoms with van der Waals surface area (Å²) in [5.41, 5.74) is 6.40. The highest BCUT2D eigenvalue weighted by Gasteiger charge is 2.46. The van der Waals surface area contributed by atoms with Gasteiger partial charge in [-0.1, -0.05) is 35.0 Å². The molecule has 2 aliphatic rings. The van der Waals surface area contributed by atoms with E-state index in [2.05, 4.69) is 10.5 Å². The SMILES string of the molecule is CC(C)(C)Oc1cc(C(=O)CC(N)=O)ccc1C1=NC(c2ccc(Cl)cc2)C(c2ccon2)N1C(=O)N1CCNC(=O)C1. The first kappa shape index (κ1) is 29.8. The number of aromatic nitrogens is 1. The Hall–Kier alpha value is -4.71. The largest absolute Gasteiger partial charge is 0.487 e. The Labute approximate surface area is 252 Å². The topological polar surface area (TPSA) is 160 Å². The van der Waals surface area contributed by atoms with Crippen LogP contribution in [0.4, 0.5) is 4.79 Å². The second kappa shape index (κ2) is 11.9. The molecule has 0 radical (unpaired) electrons. The normalized spacial score (nSPS) is 18.7. The number of amidine groups is 1. The lowest BCUT2D eigenvalue weighted by Crippen LogP contribution is -2.55. The number of benzene rings is 2. The number of ketones is 1. The van der Waals surface area contributed by atoms with E-state index >= 15 is 0 Å². The van der Waals surface area contributed by atoms with Crippen molar-refractivity contribution in [2.45, 2.75) is 44.9 Å². The number of nitrogens with two attached hydrogens (primary N) is 1. The van der Waals surface area contributed by atoms with E-state index in [0.29, 0.717) is 22.8 Å². The molecule has 0 bridgehead atoms. The van der Waals surface area contributed by atoms with Gasteiger partial charge in [-0.15, -0.1) is 0 Å². The number of hydrogen-bond acceptors (Lipinski definition) is 8. The molecular weight excluding hydrogens is 576 g/mol. The van der Waals surface area contributed by atoms with Gasteiger partial charge in [-0.2, -0.15) is 0 Å². The van der Waals surface area contributed by atoms with E-state index in [1.807, 2.05) is 32.9 Å². The molecule has 0 aliphatic carbocycles. The van der Waals surface area contributed by atoms with E-state index < -0.39 is 41.8 Å². The zero-order valence-corrected chi connectivity index (χ0v) is 24.6. The van der Waals surface area contributed by atoms with Crippen LogP contribution in [0, 0.1) is 0 Å². The van der Waals surface area contributed by atoms with Crippen LogP contribution in [-0.4, -0.2) is 69.7 Å².